The molecule has 5 heteroatoms. The van der Waals surface area contributed by atoms with Crippen molar-refractivity contribution < 1.29 is 9.47 Å². The van der Waals surface area contributed by atoms with Gasteiger partial charge < -0.3 is 14.5 Å². The number of hydrogen-bond acceptors (Lipinski definition) is 4. The van der Waals surface area contributed by atoms with Crippen LogP contribution < -0.4 is 15.0 Å². The Kier molecular flexibility index (Phi) is 5.81. The van der Waals surface area contributed by atoms with Gasteiger partial charge in [0.05, 0.1) is 19.4 Å². The molecule has 1 aromatic heterocycles. The molecular weight excluding hydrogens is 292 g/mol. The number of aromatic nitrogens is 1. The number of methoxy groups -OCH3 is 1. The van der Waals surface area contributed by atoms with E-state index in [1.165, 1.54) is 6.07 Å². The van der Waals surface area contributed by atoms with E-state index in [1.807, 2.05) is 18.2 Å². The number of hydrogen-bond donors (Lipinski definition) is 1. The zero-order valence-corrected chi connectivity index (χ0v) is 13.4. The number of pyridine rings is 1. The van der Waals surface area contributed by atoms with Crippen molar-refractivity contribution in [3.05, 3.63) is 46.2 Å². The molecule has 23 heavy (non-hydrogen) atoms. The van der Waals surface area contributed by atoms with E-state index in [2.05, 4.69) is 11.9 Å². The van der Waals surface area contributed by atoms with Crippen LogP contribution in [-0.2, 0) is 0 Å². The van der Waals surface area contributed by atoms with Gasteiger partial charge >= 0.3 is 0 Å². The highest BCUT2D eigenvalue weighted by Crippen LogP contribution is 2.32. The predicted octanol–water partition coefficient (Wildman–Crippen LogP) is 3.49. The molecule has 0 saturated carbocycles. The van der Waals surface area contributed by atoms with E-state index in [0.29, 0.717) is 23.8 Å². The normalized spacial score (nSPS) is 10.1. The molecule has 2 aromatic rings. The smallest absolute Gasteiger partial charge is 0.266 e. The zero-order valence-electron chi connectivity index (χ0n) is 13.4. The van der Waals surface area contributed by atoms with Crippen molar-refractivity contribution in [3.63, 3.8) is 0 Å². The lowest BCUT2D eigenvalue weighted by molar-refractivity contribution is 0.305. The van der Waals surface area contributed by atoms with Gasteiger partial charge in [0, 0.05) is 11.6 Å². The second-order valence-corrected chi connectivity index (χ2v) is 5.14. The van der Waals surface area contributed by atoms with Crippen molar-refractivity contribution in [1.82, 2.24) is 4.98 Å². The highest BCUT2D eigenvalue weighted by Gasteiger charge is 2.10. The van der Waals surface area contributed by atoms with Crippen molar-refractivity contribution in [3.8, 4) is 28.8 Å². The molecule has 0 atom stereocenters. The standard InChI is InChI=1S/C18H20N2O3/c1-3-4-5-10-23-17-11-14(22-2)7-8-15(17)16-9-6-13(12-19)18(21)20-16/h6-9,11H,3-5,10H2,1-2H3,(H,20,21). The lowest BCUT2D eigenvalue weighted by atomic mass is 10.1. The molecule has 1 aromatic carbocycles. The summed E-state index contributed by atoms with van der Waals surface area (Å²) in [4.78, 5) is 14.6. The molecule has 1 heterocycles. The number of nitrogens with one attached hydrogen (secondary N) is 1. The molecule has 5 nitrogen and oxygen atoms in total. The molecule has 0 amide bonds. The van der Waals surface area contributed by atoms with Crippen molar-refractivity contribution >= 4 is 0 Å². The molecule has 2 rings (SSSR count). The van der Waals surface area contributed by atoms with E-state index in [0.717, 1.165) is 24.8 Å². The van der Waals surface area contributed by atoms with Crippen LogP contribution in [-0.4, -0.2) is 18.7 Å². The molecule has 0 radical (unpaired) electrons. The Morgan fingerprint density at radius 3 is 2.70 bits per heavy atom. The van der Waals surface area contributed by atoms with E-state index < -0.39 is 5.56 Å². The molecule has 0 spiro atoms. The first-order valence-electron chi connectivity index (χ1n) is 7.64. The van der Waals surface area contributed by atoms with Gasteiger partial charge in [0.1, 0.15) is 23.1 Å². The SMILES string of the molecule is CCCCCOc1cc(OC)ccc1-c1ccc(C#N)c(=O)[nH]1. The third-order valence-electron chi connectivity index (χ3n) is 3.51. The van der Waals surface area contributed by atoms with Gasteiger partial charge in [-0.3, -0.25) is 4.79 Å². The van der Waals surface area contributed by atoms with Gasteiger partial charge in [0.15, 0.2) is 0 Å². The van der Waals surface area contributed by atoms with Crippen LogP contribution >= 0.6 is 0 Å². The minimum absolute atomic E-state index is 0.0904. The third-order valence-corrected chi connectivity index (χ3v) is 3.51. The van der Waals surface area contributed by atoms with E-state index in [4.69, 9.17) is 14.7 Å². The van der Waals surface area contributed by atoms with Gasteiger partial charge in [0.25, 0.3) is 5.56 Å². The molecule has 0 saturated heterocycles. The Hall–Kier alpha value is -2.74. The van der Waals surface area contributed by atoms with Crippen LogP contribution in [0.25, 0.3) is 11.3 Å². The first-order chi connectivity index (χ1) is 11.2. The van der Waals surface area contributed by atoms with Crippen LogP contribution in [0.4, 0.5) is 0 Å². The Morgan fingerprint density at radius 1 is 1.22 bits per heavy atom. The molecule has 120 valence electrons. The van der Waals surface area contributed by atoms with Crippen molar-refractivity contribution in [2.45, 2.75) is 26.2 Å². The average molecular weight is 312 g/mol. The molecule has 1 N–H and O–H groups in total. The summed E-state index contributed by atoms with van der Waals surface area (Å²) >= 11 is 0. The zero-order chi connectivity index (χ0) is 16.7. The van der Waals surface area contributed by atoms with E-state index in [1.54, 1.807) is 19.2 Å². The molecule has 0 fully saturated rings. The fourth-order valence-corrected chi connectivity index (χ4v) is 2.22. The quantitative estimate of drug-likeness (QED) is 0.794. The summed E-state index contributed by atoms with van der Waals surface area (Å²) in [6, 6.07) is 10.5. The third kappa shape index (κ3) is 4.13. The lowest BCUT2D eigenvalue weighted by Crippen LogP contribution is -2.10. The Morgan fingerprint density at radius 2 is 2.04 bits per heavy atom. The molecule has 0 unspecified atom stereocenters. The van der Waals surface area contributed by atoms with Crippen molar-refractivity contribution in [2.75, 3.05) is 13.7 Å². The summed E-state index contributed by atoms with van der Waals surface area (Å²) in [5.74, 6) is 1.34. The highest BCUT2D eigenvalue weighted by molar-refractivity contribution is 5.68. The topological polar surface area (TPSA) is 75.1 Å². The molecule has 0 aliphatic heterocycles. The second-order valence-electron chi connectivity index (χ2n) is 5.14. The molecular formula is C18H20N2O3. The van der Waals surface area contributed by atoms with Crippen molar-refractivity contribution in [2.24, 2.45) is 0 Å². The van der Waals surface area contributed by atoms with Gasteiger partial charge in [-0.2, -0.15) is 5.26 Å². The fraction of sp³-hybridized carbons (Fsp3) is 0.333. The molecule has 0 aliphatic carbocycles. The van der Waals surface area contributed by atoms with Crippen LogP contribution in [0.2, 0.25) is 0 Å². The average Bonchev–Trinajstić information content (AvgIpc) is 2.58. The summed E-state index contributed by atoms with van der Waals surface area (Å²) in [5, 5.41) is 8.86. The number of rotatable bonds is 7. The van der Waals surface area contributed by atoms with Crippen LogP contribution in [0.5, 0.6) is 11.5 Å². The largest absolute Gasteiger partial charge is 0.497 e. The van der Waals surface area contributed by atoms with E-state index in [-0.39, 0.29) is 5.56 Å². The van der Waals surface area contributed by atoms with Gasteiger partial charge in [-0.1, -0.05) is 19.8 Å². The van der Waals surface area contributed by atoms with Gasteiger partial charge in [-0.05, 0) is 30.7 Å². The summed E-state index contributed by atoms with van der Waals surface area (Å²) in [6.07, 6.45) is 3.20. The van der Waals surface area contributed by atoms with Crippen LogP contribution in [0, 0.1) is 11.3 Å². The first kappa shape index (κ1) is 16.6. The predicted molar refractivity (Wildman–Crippen MR) is 88.8 cm³/mol. The number of ether oxygens (including phenoxy) is 2. The maximum Gasteiger partial charge on any atom is 0.266 e. The Labute approximate surface area is 135 Å². The summed E-state index contributed by atoms with van der Waals surface area (Å²) in [7, 11) is 1.60. The van der Waals surface area contributed by atoms with Crippen LogP contribution in [0.3, 0.4) is 0 Å². The number of aromatic amines is 1. The van der Waals surface area contributed by atoms with Gasteiger partial charge in [-0.25, -0.2) is 0 Å². The summed E-state index contributed by atoms with van der Waals surface area (Å²) < 4.78 is 11.1. The molecule has 0 aliphatic rings. The monoisotopic (exact) mass is 312 g/mol. The number of nitrogens with zero attached hydrogens (tertiary/aromatic N) is 1. The number of nitriles is 1. The molecule has 0 bridgehead atoms. The van der Waals surface area contributed by atoms with Gasteiger partial charge in [-0.15, -0.1) is 0 Å². The summed E-state index contributed by atoms with van der Waals surface area (Å²) in [5.41, 5.74) is 1.07. The number of benzene rings is 1. The maximum absolute atomic E-state index is 11.8. The first-order valence-corrected chi connectivity index (χ1v) is 7.64. The van der Waals surface area contributed by atoms with E-state index in [9.17, 15) is 4.79 Å². The second kappa shape index (κ2) is 8.04. The lowest BCUT2D eigenvalue weighted by Gasteiger charge is -2.13. The minimum Gasteiger partial charge on any atom is -0.497 e. The Balaban J connectivity index is 2.35. The summed E-state index contributed by atoms with van der Waals surface area (Å²) in [6.45, 7) is 2.74. The van der Waals surface area contributed by atoms with E-state index >= 15 is 0 Å². The number of unbranched alkanes of at least 4 members (excludes halogenated alkanes) is 2. The highest BCUT2D eigenvalue weighted by atomic mass is 16.5. The minimum atomic E-state index is -0.405. The van der Waals surface area contributed by atoms with Crippen molar-refractivity contribution in [1.29, 1.82) is 5.26 Å². The fourth-order valence-electron chi connectivity index (χ4n) is 2.22. The van der Waals surface area contributed by atoms with Crippen LogP contribution in [0.1, 0.15) is 31.7 Å². The van der Waals surface area contributed by atoms with Gasteiger partial charge in [0.2, 0.25) is 0 Å². The van der Waals surface area contributed by atoms with Crippen LogP contribution in [0.15, 0.2) is 35.1 Å². The Bertz CT molecular complexity index is 760. The number of H-pyrrole nitrogens is 1. The maximum atomic E-state index is 11.8.